The number of nitrogens with one attached hydrogen (secondary N) is 1. The highest BCUT2D eigenvalue weighted by atomic mass is 35.5. The molecule has 5 rings (SSSR count). The Kier molecular flexibility index (Phi) is 5.49. The molecule has 0 radical (unpaired) electrons. The van der Waals surface area contributed by atoms with Gasteiger partial charge in [0.1, 0.15) is 16.9 Å². The lowest BCUT2D eigenvalue weighted by atomic mass is 9.93. The topological polar surface area (TPSA) is 80.4 Å². The van der Waals surface area contributed by atoms with Gasteiger partial charge in [0.25, 0.3) is 5.91 Å². The lowest BCUT2D eigenvalue weighted by Crippen LogP contribution is -2.64. The molecule has 4 aromatic rings. The first-order valence-electron chi connectivity index (χ1n) is 10.9. The van der Waals surface area contributed by atoms with Crippen LogP contribution in [0.25, 0.3) is 11.5 Å². The van der Waals surface area contributed by atoms with Crippen molar-refractivity contribution in [1.29, 1.82) is 0 Å². The summed E-state index contributed by atoms with van der Waals surface area (Å²) in [4.78, 5) is 28.9. The van der Waals surface area contributed by atoms with E-state index in [1.165, 1.54) is 4.90 Å². The maximum absolute atomic E-state index is 13.8. The first kappa shape index (κ1) is 22.0. The summed E-state index contributed by atoms with van der Waals surface area (Å²) >= 11 is 6.09. The van der Waals surface area contributed by atoms with Gasteiger partial charge in [0.05, 0.1) is 12.8 Å². The van der Waals surface area contributed by atoms with Crippen molar-refractivity contribution in [2.24, 2.45) is 0 Å². The van der Waals surface area contributed by atoms with Gasteiger partial charge in [0, 0.05) is 23.3 Å². The molecule has 34 heavy (non-hydrogen) atoms. The molecule has 7 nitrogen and oxygen atoms in total. The van der Waals surface area contributed by atoms with Crippen molar-refractivity contribution in [2.45, 2.75) is 32.5 Å². The van der Waals surface area contributed by atoms with Crippen LogP contribution in [0.2, 0.25) is 5.02 Å². The Morgan fingerprint density at radius 2 is 1.91 bits per heavy atom. The summed E-state index contributed by atoms with van der Waals surface area (Å²) in [5.74, 6) is -0.0503. The predicted molar refractivity (Wildman–Crippen MR) is 130 cm³/mol. The molecule has 2 amide bonds. The molecule has 0 saturated carbocycles. The number of carbonyl (C=O) groups is 2. The fourth-order valence-electron chi connectivity index (χ4n) is 4.30. The molecule has 3 heterocycles. The van der Waals surface area contributed by atoms with Crippen LogP contribution in [-0.4, -0.2) is 27.1 Å². The summed E-state index contributed by atoms with van der Waals surface area (Å²) in [6, 6.07) is 20.0. The highest BCUT2D eigenvalue weighted by Gasteiger charge is 2.49. The number of carbonyl (C=O) groups excluding carboxylic acids is 2. The summed E-state index contributed by atoms with van der Waals surface area (Å²) in [5.41, 5.74) is 2.36. The van der Waals surface area contributed by atoms with Crippen LogP contribution in [0.4, 0.5) is 5.69 Å². The number of halogens is 1. The van der Waals surface area contributed by atoms with Crippen LogP contribution in [0.1, 0.15) is 28.5 Å². The number of aryl methyl sites for hydroxylation is 1. The van der Waals surface area contributed by atoms with E-state index in [1.54, 1.807) is 60.3 Å². The SMILES string of the molecule is Cc1ccccc1CNC(=O)[C@]1(C)Cn2nc(-c3ccco3)cc2C(=O)N1c1ccc(Cl)cc1. The standard InChI is InChI=1S/C26H23ClN4O3/c1-17-6-3-4-7-18(17)15-28-25(33)26(2)16-30-22(14-21(29-30)23-8-5-13-34-23)24(32)31(26)20-11-9-19(27)10-12-20/h3-14H,15-16H2,1-2H3,(H,28,33)/t26-/m0/s1. The second kappa shape index (κ2) is 8.50. The van der Waals surface area contributed by atoms with Gasteiger partial charge in [-0.1, -0.05) is 35.9 Å². The zero-order valence-electron chi connectivity index (χ0n) is 18.8. The summed E-state index contributed by atoms with van der Waals surface area (Å²) in [5, 5.41) is 8.14. The minimum Gasteiger partial charge on any atom is -0.463 e. The summed E-state index contributed by atoms with van der Waals surface area (Å²) in [6.45, 7) is 4.29. The van der Waals surface area contributed by atoms with Gasteiger partial charge < -0.3 is 9.73 Å². The molecule has 172 valence electrons. The van der Waals surface area contributed by atoms with Crippen LogP contribution < -0.4 is 10.2 Å². The second-order valence-corrected chi connectivity index (χ2v) is 8.99. The van der Waals surface area contributed by atoms with E-state index in [-0.39, 0.29) is 18.4 Å². The van der Waals surface area contributed by atoms with Crippen molar-refractivity contribution in [3.63, 3.8) is 0 Å². The number of anilines is 1. The Balaban J connectivity index is 1.54. The van der Waals surface area contributed by atoms with Crippen LogP contribution >= 0.6 is 11.6 Å². The monoisotopic (exact) mass is 474 g/mol. The molecule has 1 atom stereocenters. The van der Waals surface area contributed by atoms with E-state index in [9.17, 15) is 9.59 Å². The molecule has 8 heteroatoms. The van der Waals surface area contributed by atoms with E-state index >= 15 is 0 Å². The zero-order valence-corrected chi connectivity index (χ0v) is 19.5. The Hall–Kier alpha value is -3.84. The van der Waals surface area contributed by atoms with Crippen LogP contribution in [0.3, 0.4) is 0 Å². The van der Waals surface area contributed by atoms with Gasteiger partial charge in [-0.25, -0.2) is 0 Å². The van der Waals surface area contributed by atoms with Crippen LogP contribution in [-0.2, 0) is 17.9 Å². The minimum absolute atomic E-state index is 0.178. The van der Waals surface area contributed by atoms with E-state index in [0.29, 0.717) is 34.4 Å². The average molecular weight is 475 g/mol. The molecule has 2 aromatic carbocycles. The molecule has 0 bridgehead atoms. The molecule has 0 fully saturated rings. The van der Waals surface area contributed by atoms with Crippen LogP contribution in [0, 0.1) is 6.92 Å². The second-order valence-electron chi connectivity index (χ2n) is 8.55. The fourth-order valence-corrected chi connectivity index (χ4v) is 4.42. The third kappa shape index (κ3) is 3.78. The lowest BCUT2D eigenvalue weighted by Gasteiger charge is -2.43. The van der Waals surface area contributed by atoms with Crippen molar-refractivity contribution in [2.75, 3.05) is 4.90 Å². The van der Waals surface area contributed by atoms with Gasteiger partial charge in [-0.2, -0.15) is 5.10 Å². The molecule has 1 aliphatic heterocycles. The quantitative estimate of drug-likeness (QED) is 0.449. The number of benzene rings is 2. The van der Waals surface area contributed by atoms with E-state index in [0.717, 1.165) is 11.1 Å². The highest BCUT2D eigenvalue weighted by Crippen LogP contribution is 2.34. The van der Waals surface area contributed by atoms with Gasteiger partial charge in [-0.15, -0.1) is 0 Å². The molecular weight excluding hydrogens is 452 g/mol. The zero-order chi connectivity index (χ0) is 23.9. The van der Waals surface area contributed by atoms with E-state index in [4.69, 9.17) is 16.0 Å². The number of amides is 2. The summed E-state index contributed by atoms with van der Waals surface area (Å²) in [6.07, 6.45) is 1.55. The molecule has 0 unspecified atom stereocenters. The van der Waals surface area contributed by atoms with E-state index in [1.807, 2.05) is 31.2 Å². The fraction of sp³-hybridized carbons (Fsp3) is 0.192. The number of fused-ring (bicyclic) bond motifs is 1. The Bertz CT molecular complexity index is 1360. The van der Waals surface area contributed by atoms with Gasteiger partial charge in [-0.05, 0) is 61.4 Å². The molecular formula is C26H23ClN4O3. The molecule has 0 spiro atoms. The third-order valence-corrected chi connectivity index (χ3v) is 6.45. The van der Waals surface area contributed by atoms with Gasteiger partial charge in [0.2, 0.25) is 5.91 Å². The maximum atomic E-state index is 13.8. The minimum atomic E-state index is -1.23. The van der Waals surface area contributed by atoms with Crippen molar-refractivity contribution in [1.82, 2.24) is 15.1 Å². The third-order valence-electron chi connectivity index (χ3n) is 6.20. The molecule has 2 aromatic heterocycles. The molecule has 0 aliphatic carbocycles. The van der Waals surface area contributed by atoms with Crippen molar-refractivity contribution < 1.29 is 14.0 Å². The summed E-state index contributed by atoms with van der Waals surface area (Å²) < 4.78 is 7.04. The highest BCUT2D eigenvalue weighted by molar-refractivity contribution is 6.30. The largest absolute Gasteiger partial charge is 0.463 e. The molecule has 0 saturated heterocycles. The van der Waals surface area contributed by atoms with Crippen molar-refractivity contribution in [3.05, 3.63) is 94.8 Å². The smallest absolute Gasteiger partial charge is 0.277 e. The summed E-state index contributed by atoms with van der Waals surface area (Å²) in [7, 11) is 0. The van der Waals surface area contributed by atoms with Crippen molar-refractivity contribution >= 4 is 29.1 Å². The molecule has 1 N–H and O–H groups in total. The first-order chi connectivity index (χ1) is 16.4. The van der Waals surface area contributed by atoms with Crippen LogP contribution in [0.15, 0.2) is 77.4 Å². The van der Waals surface area contributed by atoms with E-state index in [2.05, 4.69) is 10.4 Å². The van der Waals surface area contributed by atoms with Crippen molar-refractivity contribution in [3.8, 4) is 11.5 Å². The normalized spacial score (nSPS) is 17.5. The Morgan fingerprint density at radius 3 is 2.62 bits per heavy atom. The number of furan rings is 1. The molecule has 1 aliphatic rings. The maximum Gasteiger partial charge on any atom is 0.277 e. The van der Waals surface area contributed by atoms with Gasteiger partial charge >= 0.3 is 0 Å². The average Bonchev–Trinajstić information content (AvgIpc) is 3.50. The first-order valence-corrected chi connectivity index (χ1v) is 11.3. The number of nitrogens with zero attached hydrogens (tertiary/aromatic N) is 3. The number of hydrogen-bond acceptors (Lipinski definition) is 4. The Labute approximate surface area is 201 Å². The van der Waals surface area contributed by atoms with Crippen LogP contribution in [0.5, 0.6) is 0 Å². The Morgan fingerprint density at radius 1 is 1.15 bits per heavy atom. The lowest BCUT2D eigenvalue weighted by molar-refractivity contribution is -0.126. The number of rotatable bonds is 5. The predicted octanol–water partition coefficient (Wildman–Crippen LogP) is 4.84. The van der Waals surface area contributed by atoms with Gasteiger partial charge in [-0.3, -0.25) is 19.2 Å². The number of hydrogen-bond donors (Lipinski definition) is 1. The van der Waals surface area contributed by atoms with E-state index < -0.39 is 5.54 Å². The van der Waals surface area contributed by atoms with Gasteiger partial charge in [0.15, 0.2) is 5.76 Å². The number of aromatic nitrogens is 2.